The van der Waals surface area contributed by atoms with Crippen LogP contribution in [0.4, 0.5) is 0 Å². The van der Waals surface area contributed by atoms with Crippen LogP contribution >= 0.6 is 11.3 Å². The molecule has 0 aliphatic heterocycles. The van der Waals surface area contributed by atoms with Gasteiger partial charge < -0.3 is 9.47 Å². The molecule has 4 aromatic rings. The van der Waals surface area contributed by atoms with Crippen LogP contribution in [-0.2, 0) is 9.53 Å². The summed E-state index contributed by atoms with van der Waals surface area (Å²) in [5, 5.41) is 6.89. The van der Waals surface area contributed by atoms with Crippen LogP contribution in [0, 0.1) is 6.92 Å². The number of benzene rings is 2. The smallest absolute Gasteiger partial charge is 0.331 e. The average molecular weight is 445 g/mol. The largest absolute Gasteiger partial charge is 0.497 e. The summed E-state index contributed by atoms with van der Waals surface area (Å²) in [6.45, 7) is 4.18. The van der Waals surface area contributed by atoms with Crippen LogP contribution in [-0.4, -0.2) is 29.5 Å². The van der Waals surface area contributed by atoms with E-state index < -0.39 is 0 Å². The maximum Gasteiger partial charge on any atom is 0.331 e. The Morgan fingerprint density at radius 1 is 1.09 bits per heavy atom. The highest BCUT2D eigenvalue weighted by Gasteiger charge is 2.18. The summed E-state index contributed by atoms with van der Waals surface area (Å²) in [4.78, 5) is 13.3. The number of aromatic nitrogens is 2. The zero-order chi connectivity index (χ0) is 22.5. The van der Waals surface area contributed by atoms with Crippen LogP contribution in [0.2, 0.25) is 0 Å². The van der Waals surface area contributed by atoms with Gasteiger partial charge in [-0.3, -0.25) is 0 Å². The van der Waals surface area contributed by atoms with Gasteiger partial charge in [-0.25, -0.2) is 9.48 Å². The Kier molecular flexibility index (Phi) is 6.52. The van der Waals surface area contributed by atoms with Gasteiger partial charge in [0.15, 0.2) is 0 Å². The van der Waals surface area contributed by atoms with E-state index in [0.29, 0.717) is 12.3 Å². The molecule has 0 aliphatic rings. The van der Waals surface area contributed by atoms with E-state index in [4.69, 9.17) is 14.6 Å². The standard InChI is InChI=1S/C26H24N2O3S/c1-4-31-26(29)16-22(25-6-5-15-32-25)23-17-24(19-9-7-18(2)8-10-19)28(27-23)20-11-13-21(30-3)14-12-20/h5-17H,4H2,1-3H3/b22-16-. The van der Waals surface area contributed by atoms with Gasteiger partial charge in [-0.2, -0.15) is 5.10 Å². The quantitative estimate of drug-likeness (QED) is 0.263. The van der Waals surface area contributed by atoms with E-state index in [0.717, 1.165) is 33.1 Å². The molecule has 2 aromatic carbocycles. The Morgan fingerprint density at radius 3 is 2.47 bits per heavy atom. The summed E-state index contributed by atoms with van der Waals surface area (Å²) in [5.41, 5.74) is 5.48. The summed E-state index contributed by atoms with van der Waals surface area (Å²) < 4.78 is 12.4. The first-order valence-corrected chi connectivity index (χ1v) is 11.2. The number of carbonyl (C=O) groups excluding carboxylic acids is 1. The summed E-state index contributed by atoms with van der Waals surface area (Å²) in [6, 6.07) is 22.0. The number of esters is 1. The van der Waals surface area contributed by atoms with Crippen molar-refractivity contribution in [1.82, 2.24) is 9.78 Å². The molecule has 0 aliphatic carbocycles. The molecule has 2 heterocycles. The van der Waals surface area contributed by atoms with Gasteiger partial charge in [0.1, 0.15) is 5.75 Å². The van der Waals surface area contributed by atoms with Crippen molar-refractivity contribution in [2.24, 2.45) is 0 Å². The molecule has 6 heteroatoms. The Balaban J connectivity index is 1.88. The molecule has 0 atom stereocenters. The van der Waals surface area contributed by atoms with Gasteiger partial charge in [-0.15, -0.1) is 11.3 Å². The maximum absolute atomic E-state index is 12.3. The third-order valence-corrected chi connectivity index (χ3v) is 5.89. The van der Waals surface area contributed by atoms with Crippen LogP contribution in [0.15, 0.2) is 78.2 Å². The second kappa shape index (κ2) is 9.66. The third-order valence-electron chi connectivity index (χ3n) is 4.99. The van der Waals surface area contributed by atoms with Crippen molar-refractivity contribution in [1.29, 1.82) is 0 Å². The molecule has 5 nitrogen and oxygen atoms in total. The molecule has 0 unspecified atom stereocenters. The Bertz CT molecular complexity index is 1220. The molecule has 0 bridgehead atoms. The van der Waals surface area contributed by atoms with Gasteiger partial charge in [0, 0.05) is 22.1 Å². The van der Waals surface area contributed by atoms with Crippen LogP contribution in [0.25, 0.3) is 22.5 Å². The molecule has 4 rings (SSSR count). The first-order valence-electron chi connectivity index (χ1n) is 10.3. The highest BCUT2D eigenvalue weighted by Crippen LogP contribution is 2.32. The highest BCUT2D eigenvalue weighted by atomic mass is 32.1. The van der Waals surface area contributed by atoms with Crippen molar-refractivity contribution in [3.63, 3.8) is 0 Å². The Hall–Kier alpha value is -3.64. The lowest BCUT2D eigenvalue weighted by Crippen LogP contribution is -2.02. The molecule has 2 aromatic heterocycles. The number of rotatable bonds is 7. The van der Waals surface area contributed by atoms with Gasteiger partial charge in [0.25, 0.3) is 0 Å². The van der Waals surface area contributed by atoms with Gasteiger partial charge in [0.05, 0.1) is 30.8 Å². The number of ether oxygens (including phenoxy) is 2. The molecule has 0 saturated heterocycles. The van der Waals surface area contributed by atoms with Gasteiger partial charge in [-0.1, -0.05) is 35.9 Å². The molecule has 0 fully saturated rings. The highest BCUT2D eigenvalue weighted by molar-refractivity contribution is 7.11. The first-order chi connectivity index (χ1) is 15.6. The monoisotopic (exact) mass is 444 g/mol. The van der Waals surface area contributed by atoms with E-state index >= 15 is 0 Å². The van der Waals surface area contributed by atoms with E-state index in [1.54, 1.807) is 25.4 Å². The minimum atomic E-state index is -0.383. The minimum Gasteiger partial charge on any atom is -0.497 e. The molecule has 162 valence electrons. The van der Waals surface area contributed by atoms with Crippen molar-refractivity contribution in [3.8, 4) is 22.7 Å². The van der Waals surface area contributed by atoms with E-state index in [2.05, 4.69) is 31.2 Å². The number of nitrogens with zero attached hydrogens (tertiary/aromatic N) is 2. The molecule has 0 spiro atoms. The second-order valence-corrected chi connectivity index (χ2v) is 8.13. The average Bonchev–Trinajstić information content (AvgIpc) is 3.49. The normalized spacial score (nSPS) is 11.4. The molecular formula is C26H24N2O3S. The zero-order valence-electron chi connectivity index (χ0n) is 18.2. The minimum absolute atomic E-state index is 0.321. The summed E-state index contributed by atoms with van der Waals surface area (Å²) in [6.07, 6.45) is 1.52. The molecule has 0 radical (unpaired) electrons. The number of hydrogen-bond acceptors (Lipinski definition) is 5. The lowest BCUT2D eigenvalue weighted by atomic mass is 10.1. The maximum atomic E-state index is 12.3. The number of aryl methyl sites for hydroxylation is 1. The van der Waals surface area contributed by atoms with Crippen LogP contribution in [0.5, 0.6) is 5.75 Å². The van der Waals surface area contributed by atoms with E-state index in [-0.39, 0.29) is 5.97 Å². The lowest BCUT2D eigenvalue weighted by Gasteiger charge is -2.09. The summed E-state index contributed by atoms with van der Waals surface area (Å²) >= 11 is 1.56. The predicted octanol–water partition coefficient (Wildman–Crippen LogP) is 5.91. The molecule has 0 amide bonds. The number of carbonyl (C=O) groups is 1. The Morgan fingerprint density at radius 2 is 1.84 bits per heavy atom. The fraction of sp³-hybridized carbons (Fsp3) is 0.154. The van der Waals surface area contributed by atoms with Crippen molar-refractivity contribution in [3.05, 3.63) is 94.3 Å². The molecule has 0 N–H and O–H groups in total. The fourth-order valence-electron chi connectivity index (χ4n) is 3.37. The van der Waals surface area contributed by atoms with Crippen LogP contribution in [0.3, 0.4) is 0 Å². The van der Waals surface area contributed by atoms with Crippen LogP contribution in [0.1, 0.15) is 23.1 Å². The van der Waals surface area contributed by atoms with E-state index in [1.807, 2.05) is 52.5 Å². The summed E-state index contributed by atoms with van der Waals surface area (Å²) in [5.74, 6) is 0.395. The van der Waals surface area contributed by atoms with Crippen molar-refractivity contribution in [2.75, 3.05) is 13.7 Å². The molecular weight excluding hydrogens is 420 g/mol. The first kappa shape index (κ1) is 21.6. The van der Waals surface area contributed by atoms with Crippen molar-refractivity contribution >= 4 is 22.9 Å². The van der Waals surface area contributed by atoms with E-state index in [1.165, 1.54) is 11.6 Å². The zero-order valence-corrected chi connectivity index (χ0v) is 19.1. The van der Waals surface area contributed by atoms with Crippen molar-refractivity contribution in [2.45, 2.75) is 13.8 Å². The lowest BCUT2D eigenvalue weighted by molar-refractivity contribution is -0.137. The number of hydrogen-bond donors (Lipinski definition) is 0. The topological polar surface area (TPSA) is 53.4 Å². The van der Waals surface area contributed by atoms with E-state index in [9.17, 15) is 4.79 Å². The second-order valence-electron chi connectivity index (χ2n) is 7.18. The molecule has 0 saturated carbocycles. The van der Waals surface area contributed by atoms with Crippen LogP contribution < -0.4 is 4.74 Å². The number of methoxy groups -OCH3 is 1. The predicted molar refractivity (Wildman–Crippen MR) is 128 cm³/mol. The third kappa shape index (κ3) is 4.65. The summed E-state index contributed by atoms with van der Waals surface area (Å²) in [7, 11) is 1.65. The van der Waals surface area contributed by atoms with Gasteiger partial charge >= 0.3 is 5.97 Å². The van der Waals surface area contributed by atoms with Crippen molar-refractivity contribution < 1.29 is 14.3 Å². The molecule has 32 heavy (non-hydrogen) atoms. The Labute approximate surface area is 191 Å². The van der Waals surface area contributed by atoms with Gasteiger partial charge in [-0.05, 0) is 55.6 Å². The fourth-order valence-corrected chi connectivity index (χ4v) is 4.12. The number of thiophene rings is 1. The SMILES string of the molecule is CCOC(=O)/C=C(/c1cc(-c2ccc(C)cc2)n(-c2ccc(OC)cc2)n1)c1cccs1. The van der Waals surface area contributed by atoms with Gasteiger partial charge in [0.2, 0.25) is 0 Å².